The van der Waals surface area contributed by atoms with E-state index in [1.54, 1.807) is 6.07 Å². The van der Waals surface area contributed by atoms with Gasteiger partial charge in [0.25, 0.3) is 0 Å². The van der Waals surface area contributed by atoms with Crippen molar-refractivity contribution in [3.8, 4) is 0 Å². The molecule has 1 unspecified atom stereocenters. The number of hydrogen-bond donors (Lipinski definition) is 2. The summed E-state index contributed by atoms with van der Waals surface area (Å²) in [5.41, 5.74) is 8.55. The van der Waals surface area contributed by atoms with Gasteiger partial charge in [-0.2, -0.15) is 11.8 Å². The van der Waals surface area contributed by atoms with Gasteiger partial charge in [0.15, 0.2) is 6.61 Å². The molecular formula is C21H27N3O4S. The molecule has 0 aliphatic heterocycles. The molecule has 1 aromatic carbocycles. The molecule has 0 aliphatic carbocycles. The number of ether oxygens (including phenoxy) is 1. The molecule has 1 heterocycles. The summed E-state index contributed by atoms with van der Waals surface area (Å²) in [6, 6.07) is 10.1. The minimum atomic E-state index is -0.863. The number of Topliss-reactive ketones (excluding diaryl/α,β-unsaturated/α-hetero) is 1. The average molecular weight is 418 g/mol. The van der Waals surface area contributed by atoms with Crippen LogP contribution in [0.25, 0.3) is 0 Å². The molecule has 3 N–H and O–H groups in total. The smallest absolute Gasteiger partial charge is 0.329 e. The number of aromatic nitrogens is 1. The van der Waals surface area contributed by atoms with Gasteiger partial charge in [0.05, 0.1) is 0 Å². The Bertz CT molecular complexity index is 864. The standard InChI is InChI=1S/C21H27N3O4S/c1-14-11-17(15(2)24(14)12-16-7-5-4-6-8-16)19(25)13-28-20(26)18(9-10-29-3)23-21(22)27/h4-8,11,18H,9-10,12-13H2,1-3H3,(H3,22,23,27). The van der Waals surface area contributed by atoms with Crippen LogP contribution in [-0.2, 0) is 16.1 Å². The first kappa shape index (κ1) is 22.5. The largest absolute Gasteiger partial charge is 0.456 e. The summed E-state index contributed by atoms with van der Waals surface area (Å²) in [4.78, 5) is 36.0. The zero-order chi connectivity index (χ0) is 21.4. The Balaban J connectivity index is 2.04. The van der Waals surface area contributed by atoms with E-state index in [9.17, 15) is 14.4 Å². The number of esters is 1. The molecule has 156 valence electrons. The molecule has 0 radical (unpaired) electrons. The Labute approximate surface area is 175 Å². The highest BCUT2D eigenvalue weighted by Gasteiger charge is 2.23. The number of aryl methyl sites for hydroxylation is 1. The quantitative estimate of drug-likeness (QED) is 0.457. The first-order valence-corrected chi connectivity index (χ1v) is 10.7. The first-order valence-electron chi connectivity index (χ1n) is 9.28. The number of primary amides is 1. The number of nitrogens with zero attached hydrogens (tertiary/aromatic N) is 1. The number of nitrogens with two attached hydrogens (primary N) is 1. The zero-order valence-electron chi connectivity index (χ0n) is 16.9. The van der Waals surface area contributed by atoms with Crippen LogP contribution in [0, 0.1) is 13.8 Å². The minimum absolute atomic E-state index is 0.284. The molecule has 29 heavy (non-hydrogen) atoms. The van der Waals surface area contributed by atoms with E-state index in [0.29, 0.717) is 24.3 Å². The molecule has 0 spiro atoms. The zero-order valence-corrected chi connectivity index (χ0v) is 17.8. The molecule has 0 aliphatic rings. The van der Waals surface area contributed by atoms with Gasteiger partial charge in [-0.1, -0.05) is 30.3 Å². The van der Waals surface area contributed by atoms with Gasteiger partial charge in [-0.25, -0.2) is 9.59 Å². The van der Waals surface area contributed by atoms with Gasteiger partial charge in [-0.3, -0.25) is 4.79 Å². The molecule has 2 aromatic rings. The molecule has 2 rings (SSSR count). The Kier molecular flexibility index (Phi) is 8.33. The van der Waals surface area contributed by atoms with Crippen molar-refractivity contribution in [1.29, 1.82) is 0 Å². The fraction of sp³-hybridized carbons (Fsp3) is 0.381. The van der Waals surface area contributed by atoms with E-state index in [0.717, 1.165) is 17.0 Å². The van der Waals surface area contributed by atoms with Gasteiger partial charge in [0, 0.05) is 23.5 Å². The number of nitrogens with one attached hydrogen (secondary N) is 1. The maximum Gasteiger partial charge on any atom is 0.329 e. The van der Waals surface area contributed by atoms with E-state index < -0.39 is 18.0 Å². The molecule has 0 saturated heterocycles. The molecule has 1 aromatic heterocycles. The van der Waals surface area contributed by atoms with Crippen molar-refractivity contribution in [2.45, 2.75) is 32.9 Å². The molecule has 0 fully saturated rings. The van der Waals surface area contributed by atoms with Gasteiger partial charge < -0.3 is 20.4 Å². The van der Waals surface area contributed by atoms with Crippen molar-refractivity contribution in [3.63, 3.8) is 0 Å². The molecule has 8 heteroatoms. The number of rotatable bonds is 10. The van der Waals surface area contributed by atoms with Gasteiger partial charge in [0.2, 0.25) is 5.78 Å². The van der Waals surface area contributed by atoms with Crippen molar-refractivity contribution >= 4 is 29.5 Å². The van der Waals surface area contributed by atoms with Crippen LogP contribution in [-0.4, -0.2) is 47.0 Å². The van der Waals surface area contributed by atoms with Crippen LogP contribution < -0.4 is 11.1 Å². The number of carbonyl (C=O) groups excluding carboxylic acids is 3. The number of carbonyl (C=O) groups is 3. The van der Waals surface area contributed by atoms with E-state index in [2.05, 4.69) is 9.88 Å². The second-order valence-corrected chi connectivity index (χ2v) is 7.72. The molecule has 2 amide bonds. The third-order valence-electron chi connectivity index (χ3n) is 4.61. The van der Waals surface area contributed by atoms with Crippen molar-refractivity contribution in [1.82, 2.24) is 9.88 Å². The Hall–Kier alpha value is -2.74. The monoisotopic (exact) mass is 417 g/mol. The first-order chi connectivity index (χ1) is 13.8. The van der Waals surface area contributed by atoms with E-state index >= 15 is 0 Å². The van der Waals surface area contributed by atoms with Crippen molar-refractivity contribution in [2.75, 3.05) is 18.6 Å². The van der Waals surface area contributed by atoms with Crippen molar-refractivity contribution in [3.05, 3.63) is 58.9 Å². The topological polar surface area (TPSA) is 103 Å². The summed E-state index contributed by atoms with van der Waals surface area (Å²) in [6.07, 6.45) is 2.27. The van der Waals surface area contributed by atoms with E-state index in [-0.39, 0.29) is 12.4 Å². The lowest BCUT2D eigenvalue weighted by Gasteiger charge is -2.15. The lowest BCUT2D eigenvalue weighted by Crippen LogP contribution is -2.45. The van der Waals surface area contributed by atoms with Gasteiger partial charge in [-0.05, 0) is 43.9 Å². The number of hydrogen-bond acceptors (Lipinski definition) is 5. The van der Waals surface area contributed by atoms with E-state index in [1.807, 2.05) is 50.4 Å². The number of benzene rings is 1. The number of amides is 2. The van der Waals surface area contributed by atoms with Crippen LogP contribution in [0.1, 0.15) is 33.7 Å². The third kappa shape index (κ3) is 6.39. The Morgan fingerprint density at radius 1 is 1.21 bits per heavy atom. The highest BCUT2D eigenvalue weighted by Crippen LogP contribution is 2.18. The predicted octanol–water partition coefficient (Wildman–Crippen LogP) is 2.67. The van der Waals surface area contributed by atoms with Crippen molar-refractivity contribution in [2.24, 2.45) is 5.73 Å². The molecule has 7 nitrogen and oxygen atoms in total. The number of thioether (sulfide) groups is 1. The van der Waals surface area contributed by atoms with Gasteiger partial charge in [0.1, 0.15) is 6.04 Å². The maximum absolute atomic E-state index is 12.6. The van der Waals surface area contributed by atoms with Crippen LogP contribution >= 0.6 is 11.8 Å². The van der Waals surface area contributed by atoms with Crippen LogP contribution in [0.15, 0.2) is 36.4 Å². The second-order valence-electron chi connectivity index (χ2n) is 6.73. The number of ketones is 1. The molecule has 1 atom stereocenters. The normalized spacial score (nSPS) is 11.7. The fourth-order valence-corrected chi connectivity index (χ4v) is 3.54. The maximum atomic E-state index is 12.6. The summed E-state index contributed by atoms with van der Waals surface area (Å²) in [5.74, 6) is -0.299. The number of urea groups is 1. The lowest BCUT2D eigenvalue weighted by atomic mass is 10.1. The van der Waals surface area contributed by atoms with Gasteiger partial charge in [-0.15, -0.1) is 0 Å². The lowest BCUT2D eigenvalue weighted by molar-refractivity contribution is -0.144. The van der Waals surface area contributed by atoms with Crippen LogP contribution in [0.5, 0.6) is 0 Å². The van der Waals surface area contributed by atoms with Crippen molar-refractivity contribution < 1.29 is 19.1 Å². The van der Waals surface area contributed by atoms with Crippen LogP contribution in [0.4, 0.5) is 4.79 Å². The van der Waals surface area contributed by atoms with E-state index in [4.69, 9.17) is 10.5 Å². The molecular weight excluding hydrogens is 390 g/mol. The van der Waals surface area contributed by atoms with Crippen LogP contribution in [0.2, 0.25) is 0 Å². The fourth-order valence-electron chi connectivity index (χ4n) is 3.06. The summed E-state index contributed by atoms with van der Waals surface area (Å²) in [5, 5.41) is 2.37. The van der Waals surface area contributed by atoms with E-state index in [1.165, 1.54) is 11.8 Å². The Morgan fingerprint density at radius 3 is 2.52 bits per heavy atom. The average Bonchev–Trinajstić information content (AvgIpc) is 2.98. The Morgan fingerprint density at radius 2 is 1.90 bits per heavy atom. The second kappa shape index (κ2) is 10.7. The molecule has 0 saturated carbocycles. The molecule has 0 bridgehead atoms. The third-order valence-corrected chi connectivity index (χ3v) is 5.26. The van der Waals surface area contributed by atoms with Crippen LogP contribution in [0.3, 0.4) is 0 Å². The summed E-state index contributed by atoms with van der Waals surface area (Å²) >= 11 is 1.53. The highest BCUT2D eigenvalue weighted by atomic mass is 32.2. The van der Waals surface area contributed by atoms with Gasteiger partial charge >= 0.3 is 12.0 Å². The summed E-state index contributed by atoms with van der Waals surface area (Å²) in [6.45, 7) is 4.09. The summed E-state index contributed by atoms with van der Waals surface area (Å²) < 4.78 is 7.22. The highest BCUT2D eigenvalue weighted by molar-refractivity contribution is 7.98. The predicted molar refractivity (Wildman–Crippen MR) is 114 cm³/mol. The minimum Gasteiger partial charge on any atom is -0.456 e. The SMILES string of the molecule is CSCCC(NC(N)=O)C(=O)OCC(=O)c1cc(C)n(Cc2ccccc2)c1C. The summed E-state index contributed by atoms with van der Waals surface area (Å²) in [7, 11) is 0.